The van der Waals surface area contributed by atoms with Crippen molar-refractivity contribution in [1.82, 2.24) is 9.88 Å². The maximum Gasteiger partial charge on any atom is 0.326 e. The smallest absolute Gasteiger partial charge is 0.326 e. The summed E-state index contributed by atoms with van der Waals surface area (Å²) in [5.41, 5.74) is 0. The first-order valence-corrected chi connectivity index (χ1v) is 14.0. The van der Waals surface area contributed by atoms with Gasteiger partial charge in [-0.05, 0) is 42.0 Å². The number of hydrogen-bond acceptors (Lipinski definition) is 8. The molecule has 10 heteroatoms. The Balaban J connectivity index is 1.31. The summed E-state index contributed by atoms with van der Waals surface area (Å²) in [4.78, 5) is 57.6. The van der Waals surface area contributed by atoms with Gasteiger partial charge in [0.1, 0.15) is 6.54 Å². The lowest BCUT2D eigenvalue weighted by Crippen LogP contribution is -2.42. The summed E-state index contributed by atoms with van der Waals surface area (Å²) in [7, 11) is 0. The van der Waals surface area contributed by atoms with Crippen LogP contribution in [0.1, 0.15) is 41.9 Å². The molecule has 7 unspecified atom stereocenters. The number of ether oxygens (including phenoxy) is 1. The summed E-state index contributed by atoms with van der Waals surface area (Å²) >= 11 is 4.63. The molecule has 2 aliphatic carbocycles. The van der Waals surface area contributed by atoms with E-state index in [-0.39, 0.29) is 64.0 Å². The van der Waals surface area contributed by atoms with Crippen molar-refractivity contribution in [2.75, 3.05) is 13.2 Å². The molecule has 2 aromatic rings. The number of nitrogens with zero attached hydrogens (tertiary/aromatic N) is 1. The first-order valence-electron chi connectivity index (χ1n) is 11.4. The fourth-order valence-corrected chi connectivity index (χ4v) is 10.4. The Bertz CT molecular complexity index is 1170. The largest absolute Gasteiger partial charge is 0.464 e. The van der Waals surface area contributed by atoms with Crippen LogP contribution in [-0.2, 0) is 19.1 Å². The summed E-state index contributed by atoms with van der Waals surface area (Å²) in [6, 6.07) is 4.14. The lowest BCUT2D eigenvalue weighted by atomic mass is 9.69. The maximum atomic E-state index is 13.4. The number of thiazole rings is 1. The van der Waals surface area contributed by atoms with Crippen LogP contribution in [0.5, 0.6) is 0 Å². The Kier molecular flexibility index (Phi) is 5.30. The zero-order valence-corrected chi connectivity index (χ0v) is 20.5. The van der Waals surface area contributed by atoms with E-state index in [9.17, 15) is 19.2 Å². The number of H-pyrrole nitrogens is 1. The number of fused-ring (bicyclic) bond motifs is 9. The van der Waals surface area contributed by atoms with Crippen molar-refractivity contribution in [3.63, 3.8) is 0 Å². The van der Waals surface area contributed by atoms with Gasteiger partial charge in [0, 0.05) is 20.9 Å². The van der Waals surface area contributed by atoms with Gasteiger partial charge in [0.05, 0.1) is 23.5 Å². The molecular weight excluding hydrogens is 480 g/mol. The van der Waals surface area contributed by atoms with Crippen molar-refractivity contribution < 1.29 is 19.1 Å². The van der Waals surface area contributed by atoms with Crippen LogP contribution in [0.4, 0.5) is 0 Å². The molecule has 7 nitrogen and oxygen atoms in total. The second-order valence-electron chi connectivity index (χ2n) is 9.31. The molecule has 2 saturated carbocycles. The maximum absolute atomic E-state index is 13.4. The van der Waals surface area contributed by atoms with E-state index in [1.54, 1.807) is 23.1 Å². The van der Waals surface area contributed by atoms with Crippen molar-refractivity contribution >= 4 is 52.2 Å². The lowest BCUT2D eigenvalue weighted by Gasteiger charge is -2.42. The highest BCUT2D eigenvalue weighted by atomic mass is 32.2. The Hall–Kier alpha value is -1.91. The fourth-order valence-electron chi connectivity index (χ4n) is 6.53. The number of thiophene rings is 1. The second-order valence-corrected chi connectivity index (χ2v) is 12.5. The van der Waals surface area contributed by atoms with Crippen molar-refractivity contribution in [1.29, 1.82) is 0 Å². The number of hydrogen-bond donors (Lipinski definition) is 1. The van der Waals surface area contributed by atoms with Crippen LogP contribution in [0.2, 0.25) is 0 Å². The van der Waals surface area contributed by atoms with E-state index < -0.39 is 5.97 Å². The fraction of sp³-hybridized carbons (Fsp3) is 0.565. The molecule has 1 N–H and O–H groups in total. The van der Waals surface area contributed by atoms with Crippen LogP contribution in [0.25, 0.3) is 0 Å². The third-order valence-electron chi connectivity index (χ3n) is 7.71. The van der Waals surface area contributed by atoms with Crippen LogP contribution < -0.4 is 4.87 Å². The molecule has 6 rings (SSSR count). The number of carbonyl (C=O) groups excluding carboxylic acids is 3. The number of aromatic nitrogens is 1. The van der Waals surface area contributed by atoms with Crippen molar-refractivity contribution in [3.8, 4) is 0 Å². The van der Waals surface area contributed by atoms with E-state index in [1.807, 2.05) is 18.4 Å². The number of esters is 1. The predicted octanol–water partition coefficient (Wildman–Crippen LogP) is 3.31. The summed E-state index contributed by atoms with van der Waals surface area (Å²) < 4.78 is 5.22. The Morgan fingerprint density at radius 2 is 2.00 bits per heavy atom. The number of likely N-dealkylation sites (tertiary alicyclic amines) is 1. The number of aromatic amines is 1. The van der Waals surface area contributed by atoms with Crippen molar-refractivity contribution in [3.05, 3.63) is 36.9 Å². The molecule has 3 fully saturated rings. The molecule has 0 spiro atoms. The third-order valence-corrected chi connectivity index (χ3v) is 11.3. The average molecular weight is 505 g/mol. The number of amides is 2. The van der Waals surface area contributed by atoms with Gasteiger partial charge < -0.3 is 9.72 Å². The normalized spacial score (nSPS) is 33.8. The number of nitrogens with one attached hydrogen (secondary N) is 1. The summed E-state index contributed by atoms with van der Waals surface area (Å²) in [6.07, 6.45) is 2.52. The summed E-state index contributed by atoms with van der Waals surface area (Å²) in [5.74, 6) is -1.26. The SMILES string of the molecule is CCCCOC(=O)CN1C(=O)C2C3CC(C2C1=O)C1C(c2cccs2)c2sc(=O)[nH]c2SC31. The van der Waals surface area contributed by atoms with Crippen LogP contribution >= 0.6 is 34.4 Å². The Morgan fingerprint density at radius 1 is 1.21 bits per heavy atom. The van der Waals surface area contributed by atoms with Crippen molar-refractivity contribution in [2.24, 2.45) is 29.6 Å². The number of imide groups is 1. The molecule has 4 aliphatic rings. The van der Waals surface area contributed by atoms with Gasteiger partial charge in [-0.3, -0.25) is 24.1 Å². The zero-order chi connectivity index (χ0) is 22.9. The first-order chi connectivity index (χ1) is 16.0. The third kappa shape index (κ3) is 3.20. The van der Waals surface area contributed by atoms with Crippen molar-refractivity contribution in [2.45, 2.75) is 42.4 Å². The van der Waals surface area contributed by atoms with E-state index in [2.05, 4.69) is 11.1 Å². The summed E-state index contributed by atoms with van der Waals surface area (Å²) in [6.45, 7) is 2.03. The summed E-state index contributed by atoms with van der Waals surface area (Å²) in [5, 5.41) is 3.14. The number of carbonyl (C=O) groups is 3. The van der Waals surface area contributed by atoms with E-state index >= 15 is 0 Å². The molecule has 1 saturated heterocycles. The first kappa shape index (κ1) is 21.6. The highest BCUT2D eigenvalue weighted by Crippen LogP contribution is 2.68. The monoisotopic (exact) mass is 504 g/mol. The standard InChI is InChI=1S/C23H24N2O5S3/c1-2-3-6-30-13(26)9-25-21(27)15-10-8-11(16(15)22(25)28)18-14(10)17(12-5-4-7-31-12)19-20(32-18)24-23(29)33-19/h4-5,7,10-11,14-18H,2-3,6,8-9H2,1H3,(H,24,29). The molecule has 33 heavy (non-hydrogen) atoms. The van der Waals surface area contributed by atoms with E-state index in [4.69, 9.17) is 4.74 Å². The Labute approximate surface area is 202 Å². The number of thioether (sulfide) groups is 1. The van der Waals surface area contributed by atoms with E-state index in [0.29, 0.717) is 6.61 Å². The predicted molar refractivity (Wildman–Crippen MR) is 125 cm³/mol. The molecule has 174 valence electrons. The van der Waals surface area contributed by atoms with Gasteiger partial charge in [-0.15, -0.1) is 23.1 Å². The van der Waals surface area contributed by atoms with Gasteiger partial charge in [-0.25, -0.2) is 0 Å². The van der Waals surface area contributed by atoms with Gasteiger partial charge in [0.2, 0.25) is 11.8 Å². The molecule has 0 aromatic carbocycles. The van der Waals surface area contributed by atoms with Gasteiger partial charge >= 0.3 is 10.8 Å². The van der Waals surface area contributed by atoms with E-state index in [1.165, 1.54) is 16.2 Å². The van der Waals surface area contributed by atoms with Crippen LogP contribution in [0, 0.1) is 29.6 Å². The minimum absolute atomic E-state index is 0.0542. The highest BCUT2D eigenvalue weighted by molar-refractivity contribution is 8.00. The quantitative estimate of drug-likeness (QED) is 0.368. The van der Waals surface area contributed by atoms with Gasteiger partial charge in [0.25, 0.3) is 0 Å². The molecule has 2 aliphatic heterocycles. The average Bonchev–Trinajstić information content (AvgIpc) is 3.59. The topological polar surface area (TPSA) is 96.5 Å². The molecule has 2 aromatic heterocycles. The molecule has 4 heterocycles. The molecule has 7 atom stereocenters. The highest BCUT2D eigenvalue weighted by Gasteiger charge is 2.69. The number of rotatable bonds is 6. The van der Waals surface area contributed by atoms with Gasteiger partial charge in [-0.2, -0.15) is 0 Å². The molecule has 2 amide bonds. The zero-order valence-electron chi connectivity index (χ0n) is 18.0. The molecule has 2 bridgehead atoms. The minimum Gasteiger partial charge on any atom is -0.464 e. The van der Waals surface area contributed by atoms with Gasteiger partial charge in [-0.1, -0.05) is 30.7 Å². The Morgan fingerprint density at radius 3 is 2.73 bits per heavy atom. The van der Waals surface area contributed by atoms with Crippen LogP contribution in [0.3, 0.4) is 0 Å². The number of unbranched alkanes of at least 4 members (excludes halogenated alkanes) is 1. The van der Waals surface area contributed by atoms with Gasteiger partial charge in [0.15, 0.2) is 0 Å². The van der Waals surface area contributed by atoms with E-state index in [0.717, 1.165) is 34.1 Å². The molecule has 0 radical (unpaired) electrons. The lowest BCUT2D eigenvalue weighted by molar-refractivity contribution is -0.153. The molecular formula is C23H24N2O5S3. The minimum atomic E-state index is -0.513. The van der Waals surface area contributed by atoms with Crippen LogP contribution in [0.15, 0.2) is 27.3 Å². The second kappa shape index (κ2) is 8.09. The van der Waals surface area contributed by atoms with Crippen LogP contribution in [-0.4, -0.2) is 46.1 Å².